The van der Waals surface area contributed by atoms with Gasteiger partial charge in [0, 0.05) is 58.6 Å². The van der Waals surface area contributed by atoms with Gasteiger partial charge in [-0.1, -0.05) is 6.92 Å². The smallest absolute Gasteiger partial charge is 0.230 e. The van der Waals surface area contributed by atoms with E-state index >= 15 is 0 Å². The van der Waals surface area contributed by atoms with Gasteiger partial charge in [0.2, 0.25) is 21.9 Å². The van der Waals surface area contributed by atoms with Crippen LogP contribution in [0.2, 0.25) is 0 Å². The zero-order valence-corrected chi connectivity index (χ0v) is 17.2. The summed E-state index contributed by atoms with van der Waals surface area (Å²) in [6.45, 7) is 3.86. The lowest BCUT2D eigenvalue weighted by molar-refractivity contribution is -0.141. The van der Waals surface area contributed by atoms with Gasteiger partial charge >= 0.3 is 0 Å². The van der Waals surface area contributed by atoms with Crippen LogP contribution in [0.1, 0.15) is 26.2 Å². The predicted molar refractivity (Wildman–Crippen MR) is 104 cm³/mol. The molecule has 2 fully saturated rings. The molecule has 3 heterocycles. The second-order valence-electron chi connectivity index (χ2n) is 7.76. The van der Waals surface area contributed by atoms with Gasteiger partial charge in [-0.3, -0.25) is 4.79 Å². The zero-order chi connectivity index (χ0) is 19.7. The van der Waals surface area contributed by atoms with Crippen molar-refractivity contribution in [1.82, 2.24) is 19.2 Å². The Labute approximate surface area is 161 Å². The first-order valence-corrected chi connectivity index (χ1v) is 11.1. The molecule has 0 spiro atoms. The minimum atomic E-state index is -3.29. The second kappa shape index (κ2) is 7.71. The van der Waals surface area contributed by atoms with Crippen LogP contribution in [0.4, 0.5) is 5.95 Å². The van der Waals surface area contributed by atoms with Crippen molar-refractivity contribution >= 4 is 21.9 Å². The van der Waals surface area contributed by atoms with Gasteiger partial charge in [-0.25, -0.2) is 22.7 Å². The van der Waals surface area contributed by atoms with E-state index in [2.05, 4.69) is 9.97 Å². The summed E-state index contributed by atoms with van der Waals surface area (Å²) in [5.41, 5.74) is -0.598. The number of nitrogens with zero attached hydrogens (tertiary/aromatic N) is 5. The van der Waals surface area contributed by atoms with Crippen molar-refractivity contribution < 1.29 is 13.2 Å². The maximum absolute atomic E-state index is 13.2. The number of anilines is 1. The van der Waals surface area contributed by atoms with E-state index in [4.69, 9.17) is 0 Å². The molecule has 9 heteroatoms. The monoisotopic (exact) mass is 395 g/mol. The molecular formula is C18H29N5O3S. The van der Waals surface area contributed by atoms with Gasteiger partial charge in [-0.2, -0.15) is 0 Å². The highest BCUT2D eigenvalue weighted by Gasteiger charge is 2.54. The van der Waals surface area contributed by atoms with E-state index in [0.717, 1.165) is 0 Å². The van der Waals surface area contributed by atoms with Gasteiger partial charge < -0.3 is 9.80 Å². The van der Waals surface area contributed by atoms with Crippen molar-refractivity contribution in [3.8, 4) is 0 Å². The average Bonchev–Trinajstić information content (AvgIpc) is 2.90. The zero-order valence-electron chi connectivity index (χ0n) is 16.3. The van der Waals surface area contributed by atoms with E-state index in [1.807, 2.05) is 11.8 Å². The van der Waals surface area contributed by atoms with E-state index in [-0.39, 0.29) is 17.6 Å². The molecule has 2 saturated heterocycles. The Kier molecular flexibility index (Phi) is 5.71. The highest BCUT2D eigenvalue weighted by molar-refractivity contribution is 7.89. The molecule has 1 amide bonds. The molecule has 2 atom stereocenters. The SMILES string of the molecule is CCCS(=O)(=O)N1CCC[C@]2(C(=O)N(C)C)CN(c3ncccn3)C[C@@H]2C1. The van der Waals surface area contributed by atoms with Crippen LogP contribution in [-0.2, 0) is 14.8 Å². The summed E-state index contributed by atoms with van der Waals surface area (Å²) < 4.78 is 27.0. The number of hydrogen-bond donors (Lipinski definition) is 0. The Bertz CT molecular complexity index is 770. The minimum Gasteiger partial charge on any atom is -0.348 e. The van der Waals surface area contributed by atoms with Crippen molar-refractivity contribution in [2.75, 3.05) is 50.9 Å². The minimum absolute atomic E-state index is 0.0701. The summed E-state index contributed by atoms with van der Waals surface area (Å²) >= 11 is 0. The number of aromatic nitrogens is 2. The molecule has 8 nitrogen and oxygen atoms in total. The average molecular weight is 396 g/mol. The number of fused-ring (bicyclic) bond motifs is 1. The van der Waals surface area contributed by atoms with Gasteiger partial charge in [0.05, 0.1) is 11.2 Å². The summed E-state index contributed by atoms with van der Waals surface area (Å²) in [6.07, 6.45) is 5.33. The summed E-state index contributed by atoms with van der Waals surface area (Å²) in [6, 6.07) is 1.76. The van der Waals surface area contributed by atoms with Crippen LogP contribution in [-0.4, -0.2) is 79.5 Å². The van der Waals surface area contributed by atoms with Crippen molar-refractivity contribution in [3.05, 3.63) is 18.5 Å². The van der Waals surface area contributed by atoms with Gasteiger partial charge in [0.1, 0.15) is 0 Å². The Morgan fingerprint density at radius 1 is 1.30 bits per heavy atom. The number of hydrogen-bond acceptors (Lipinski definition) is 6. The van der Waals surface area contributed by atoms with Crippen LogP contribution in [0.5, 0.6) is 0 Å². The fourth-order valence-electron chi connectivity index (χ4n) is 4.44. The van der Waals surface area contributed by atoms with Crippen molar-refractivity contribution in [3.63, 3.8) is 0 Å². The van der Waals surface area contributed by atoms with Crippen LogP contribution in [0, 0.1) is 11.3 Å². The first kappa shape index (κ1) is 20.0. The number of rotatable bonds is 5. The maximum Gasteiger partial charge on any atom is 0.230 e. The van der Waals surface area contributed by atoms with E-state index in [0.29, 0.717) is 51.4 Å². The summed E-state index contributed by atoms with van der Waals surface area (Å²) in [5, 5.41) is 0. The highest BCUT2D eigenvalue weighted by Crippen LogP contribution is 2.45. The Hall–Kier alpha value is -1.74. The first-order chi connectivity index (χ1) is 12.8. The first-order valence-electron chi connectivity index (χ1n) is 9.51. The van der Waals surface area contributed by atoms with Crippen molar-refractivity contribution in [2.45, 2.75) is 26.2 Å². The quantitative estimate of drug-likeness (QED) is 0.734. The Balaban J connectivity index is 1.94. The standard InChI is InChI=1S/C18H29N5O3S/c1-4-11-27(25,26)23-10-5-7-18(16(24)21(2)3)14-22(12-15(18)13-23)17-19-8-6-9-20-17/h6,8-9,15H,4-5,7,10-14H2,1-3H3/t15-,18+/m1/s1. The number of carbonyl (C=O) groups is 1. The van der Waals surface area contributed by atoms with Gasteiger partial charge in [-0.15, -0.1) is 0 Å². The van der Waals surface area contributed by atoms with Gasteiger partial charge in [0.15, 0.2) is 0 Å². The third-order valence-corrected chi connectivity index (χ3v) is 7.71. The largest absolute Gasteiger partial charge is 0.348 e. The molecule has 2 aliphatic rings. The number of sulfonamides is 1. The third kappa shape index (κ3) is 3.80. The third-order valence-electron chi connectivity index (χ3n) is 5.67. The fraction of sp³-hybridized carbons (Fsp3) is 0.722. The molecule has 2 aliphatic heterocycles. The molecule has 1 aromatic heterocycles. The lowest BCUT2D eigenvalue weighted by Crippen LogP contribution is -2.47. The van der Waals surface area contributed by atoms with Crippen LogP contribution >= 0.6 is 0 Å². The van der Waals surface area contributed by atoms with Crippen LogP contribution in [0.25, 0.3) is 0 Å². The predicted octanol–water partition coefficient (Wildman–Crippen LogP) is 0.823. The molecule has 0 N–H and O–H groups in total. The lowest BCUT2D eigenvalue weighted by Gasteiger charge is -2.34. The molecule has 0 unspecified atom stereocenters. The highest BCUT2D eigenvalue weighted by atomic mass is 32.2. The van der Waals surface area contributed by atoms with Crippen molar-refractivity contribution in [2.24, 2.45) is 11.3 Å². The van der Waals surface area contributed by atoms with Crippen molar-refractivity contribution in [1.29, 1.82) is 0 Å². The van der Waals surface area contributed by atoms with Crippen LogP contribution in [0.15, 0.2) is 18.5 Å². The van der Waals surface area contributed by atoms with E-state index in [1.54, 1.807) is 41.8 Å². The van der Waals surface area contributed by atoms with Crippen LogP contribution in [0.3, 0.4) is 0 Å². The maximum atomic E-state index is 13.2. The number of amides is 1. The molecule has 0 bridgehead atoms. The molecule has 0 radical (unpaired) electrons. The molecule has 27 heavy (non-hydrogen) atoms. The lowest BCUT2D eigenvalue weighted by atomic mass is 9.74. The normalized spacial score (nSPS) is 26.5. The summed E-state index contributed by atoms with van der Waals surface area (Å²) in [4.78, 5) is 25.5. The fourth-order valence-corrected chi connectivity index (χ4v) is 6.03. The molecule has 0 aliphatic carbocycles. The Morgan fingerprint density at radius 3 is 2.63 bits per heavy atom. The van der Waals surface area contributed by atoms with Gasteiger partial charge in [-0.05, 0) is 25.3 Å². The molecule has 0 aromatic carbocycles. The molecule has 150 valence electrons. The second-order valence-corrected chi connectivity index (χ2v) is 9.85. The van der Waals surface area contributed by atoms with Crippen LogP contribution < -0.4 is 4.90 Å². The molecular weight excluding hydrogens is 366 g/mol. The summed E-state index contributed by atoms with van der Waals surface area (Å²) in [7, 11) is 0.249. The molecule has 0 saturated carbocycles. The van der Waals surface area contributed by atoms with Gasteiger partial charge in [0.25, 0.3) is 0 Å². The topological polar surface area (TPSA) is 86.7 Å². The molecule has 3 rings (SSSR count). The number of carbonyl (C=O) groups excluding carboxylic acids is 1. The van der Waals surface area contributed by atoms with E-state index in [1.165, 1.54) is 0 Å². The molecule has 1 aromatic rings. The van der Waals surface area contributed by atoms with E-state index in [9.17, 15) is 13.2 Å². The summed E-state index contributed by atoms with van der Waals surface area (Å²) in [5.74, 6) is 0.741. The Morgan fingerprint density at radius 2 is 2.00 bits per heavy atom. The van der Waals surface area contributed by atoms with E-state index < -0.39 is 15.4 Å².